The highest BCUT2D eigenvalue weighted by atomic mass is 32.2. The molecule has 0 bridgehead atoms. The Morgan fingerprint density at radius 2 is 2.29 bits per heavy atom. The summed E-state index contributed by atoms with van der Waals surface area (Å²) in [5, 5.41) is 11.0. The van der Waals surface area contributed by atoms with Crippen molar-refractivity contribution in [3.8, 4) is 0 Å². The number of thioether (sulfide) groups is 1. The standard InChI is InChI=1S/C8H14N2O3S/c9-5-2-4-14-6(8(12)13)1-3-10-7(5)11/h5-6H,1-4,9H2,(H,10,11)(H,12,13)/t5-,6?/m0/s1. The zero-order valence-corrected chi connectivity index (χ0v) is 8.55. The van der Waals surface area contributed by atoms with Gasteiger partial charge in [-0.15, -0.1) is 11.8 Å². The average Bonchev–Trinajstić information content (AvgIpc) is 2.20. The first-order valence-corrected chi connectivity index (χ1v) is 5.54. The molecule has 0 aromatic rings. The summed E-state index contributed by atoms with van der Waals surface area (Å²) >= 11 is 1.35. The third-order valence-corrected chi connectivity index (χ3v) is 3.38. The lowest BCUT2D eigenvalue weighted by molar-refractivity contribution is -0.136. The van der Waals surface area contributed by atoms with Crippen LogP contribution in [-0.2, 0) is 9.59 Å². The van der Waals surface area contributed by atoms with Gasteiger partial charge in [0.2, 0.25) is 5.91 Å². The number of aliphatic carboxylic acids is 1. The van der Waals surface area contributed by atoms with Crippen LogP contribution in [0.25, 0.3) is 0 Å². The van der Waals surface area contributed by atoms with Crippen molar-refractivity contribution in [2.24, 2.45) is 5.73 Å². The topological polar surface area (TPSA) is 92.4 Å². The highest BCUT2D eigenvalue weighted by Crippen LogP contribution is 2.17. The van der Waals surface area contributed by atoms with E-state index in [0.29, 0.717) is 25.1 Å². The Balaban J connectivity index is 2.51. The molecule has 1 unspecified atom stereocenters. The highest BCUT2D eigenvalue weighted by Gasteiger charge is 2.22. The summed E-state index contributed by atoms with van der Waals surface area (Å²) in [6.45, 7) is 0.385. The van der Waals surface area contributed by atoms with Crippen molar-refractivity contribution in [2.75, 3.05) is 12.3 Å². The second-order valence-electron chi connectivity index (χ2n) is 3.17. The molecule has 14 heavy (non-hydrogen) atoms. The van der Waals surface area contributed by atoms with Crippen LogP contribution in [0, 0.1) is 0 Å². The van der Waals surface area contributed by atoms with Gasteiger partial charge in [-0.1, -0.05) is 0 Å². The Morgan fingerprint density at radius 1 is 1.57 bits per heavy atom. The fourth-order valence-electron chi connectivity index (χ4n) is 1.20. The molecule has 5 nitrogen and oxygen atoms in total. The van der Waals surface area contributed by atoms with Gasteiger partial charge < -0.3 is 16.2 Å². The van der Waals surface area contributed by atoms with E-state index in [2.05, 4.69) is 5.32 Å². The van der Waals surface area contributed by atoms with E-state index in [1.54, 1.807) is 0 Å². The Hall–Kier alpha value is -0.750. The Bertz CT molecular complexity index is 235. The molecule has 6 heteroatoms. The van der Waals surface area contributed by atoms with Gasteiger partial charge in [-0.3, -0.25) is 9.59 Å². The minimum absolute atomic E-state index is 0.184. The molecule has 1 aliphatic heterocycles. The van der Waals surface area contributed by atoms with E-state index in [0.717, 1.165) is 0 Å². The number of rotatable bonds is 1. The number of carbonyl (C=O) groups is 2. The lowest BCUT2D eigenvalue weighted by Gasteiger charge is -2.09. The van der Waals surface area contributed by atoms with E-state index >= 15 is 0 Å². The monoisotopic (exact) mass is 218 g/mol. The fourth-order valence-corrected chi connectivity index (χ4v) is 2.31. The van der Waals surface area contributed by atoms with Gasteiger partial charge >= 0.3 is 5.97 Å². The minimum Gasteiger partial charge on any atom is -0.480 e. The van der Waals surface area contributed by atoms with Gasteiger partial charge in [0.25, 0.3) is 0 Å². The summed E-state index contributed by atoms with van der Waals surface area (Å²) in [6, 6.07) is -0.505. The molecule has 1 saturated heterocycles. The molecule has 80 valence electrons. The number of hydrogen-bond acceptors (Lipinski definition) is 4. The van der Waals surface area contributed by atoms with E-state index in [-0.39, 0.29) is 5.91 Å². The summed E-state index contributed by atoms with van der Waals surface area (Å²) < 4.78 is 0. The van der Waals surface area contributed by atoms with Gasteiger partial charge in [0.05, 0.1) is 6.04 Å². The largest absolute Gasteiger partial charge is 0.480 e. The number of amides is 1. The third kappa shape index (κ3) is 3.19. The predicted octanol–water partition coefficient (Wildman–Crippen LogP) is -0.590. The number of nitrogens with one attached hydrogen (secondary N) is 1. The van der Waals surface area contributed by atoms with Gasteiger partial charge in [0.1, 0.15) is 5.25 Å². The Labute approximate surface area is 86.4 Å². The van der Waals surface area contributed by atoms with Gasteiger partial charge in [0, 0.05) is 6.54 Å². The van der Waals surface area contributed by atoms with Crippen molar-refractivity contribution >= 4 is 23.6 Å². The summed E-state index contributed by atoms with van der Waals surface area (Å²) in [5.41, 5.74) is 5.57. The average molecular weight is 218 g/mol. The molecular weight excluding hydrogens is 204 g/mol. The number of carbonyl (C=O) groups excluding carboxylic acids is 1. The van der Waals surface area contributed by atoms with E-state index in [4.69, 9.17) is 10.8 Å². The molecule has 4 N–H and O–H groups in total. The zero-order valence-electron chi connectivity index (χ0n) is 7.73. The van der Waals surface area contributed by atoms with Gasteiger partial charge in [-0.05, 0) is 18.6 Å². The summed E-state index contributed by atoms with van der Waals surface area (Å²) in [7, 11) is 0. The second kappa shape index (κ2) is 5.21. The molecule has 1 rings (SSSR count). The van der Waals surface area contributed by atoms with Crippen molar-refractivity contribution < 1.29 is 14.7 Å². The molecule has 1 amide bonds. The molecule has 0 radical (unpaired) electrons. The summed E-state index contributed by atoms with van der Waals surface area (Å²) in [5.74, 6) is -0.387. The lowest BCUT2D eigenvalue weighted by Crippen LogP contribution is -2.41. The number of carboxylic acid groups (broad SMARTS) is 1. The van der Waals surface area contributed by atoms with Gasteiger partial charge in [-0.25, -0.2) is 0 Å². The van der Waals surface area contributed by atoms with Gasteiger partial charge in [-0.2, -0.15) is 0 Å². The molecule has 0 aromatic carbocycles. The number of hydrogen-bond donors (Lipinski definition) is 3. The quantitative estimate of drug-likeness (QED) is 0.547. The molecule has 2 atom stereocenters. The van der Waals surface area contributed by atoms with Gasteiger partial charge in [0.15, 0.2) is 0 Å². The third-order valence-electron chi connectivity index (χ3n) is 2.07. The maximum absolute atomic E-state index is 11.2. The second-order valence-corrected chi connectivity index (χ2v) is 4.48. The van der Waals surface area contributed by atoms with Crippen LogP contribution in [0.3, 0.4) is 0 Å². The summed E-state index contributed by atoms with van der Waals surface area (Å²) in [6.07, 6.45) is 0.985. The molecule has 0 aliphatic carbocycles. The van der Waals surface area contributed by atoms with E-state index < -0.39 is 17.3 Å². The Kier molecular flexibility index (Phi) is 4.21. The minimum atomic E-state index is -0.820. The maximum atomic E-state index is 11.2. The van der Waals surface area contributed by atoms with Crippen LogP contribution in [0.1, 0.15) is 12.8 Å². The highest BCUT2D eigenvalue weighted by molar-refractivity contribution is 8.00. The molecule has 0 spiro atoms. The van der Waals surface area contributed by atoms with Crippen LogP contribution in [0.5, 0.6) is 0 Å². The first-order valence-electron chi connectivity index (χ1n) is 4.49. The molecule has 1 aliphatic rings. The van der Waals surface area contributed by atoms with Crippen molar-refractivity contribution in [1.82, 2.24) is 5.32 Å². The number of nitrogens with two attached hydrogens (primary N) is 1. The van der Waals surface area contributed by atoms with Crippen LogP contribution in [0.4, 0.5) is 0 Å². The first-order chi connectivity index (χ1) is 6.61. The lowest BCUT2D eigenvalue weighted by atomic mass is 10.2. The SMILES string of the molecule is N[C@H]1CCSC(C(=O)O)CCNC1=O. The van der Waals surface area contributed by atoms with Crippen LogP contribution in [0.15, 0.2) is 0 Å². The maximum Gasteiger partial charge on any atom is 0.316 e. The number of carboxylic acids is 1. The van der Waals surface area contributed by atoms with E-state index in [1.165, 1.54) is 11.8 Å². The zero-order chi connectivity index (χ0) is 10.6. The Morgan fingerprint density at radius 3 is 2.93 bits per heavy atom. The smallest absolute Gasteiger partial charge is 0.316 e. The fraction of sp³-hybridized carbons (Fsp3) is 0.750. The van der Waals surface area contributed by atoms with Crippen molar-refractivity contribution in [2.45, 2.75) is 24.1 Å². The first kappa shape index (κ1) is 11.3. The molecular formula is C8H14N2O3S. The molecule has 0 saturated carbocycles. The van der Waals surface area contributed by atoms with Crippen LogP contribution in [-0.4, -0.2) is 40.6 Å². The predicted molar refractivity (Wildman–Crippen MR) is 54.1 cm³/mol. The van der Waals surface area contributed by atoms with Crippen LogP contribution in [0.2, 0.25) is 0 Å². The summed E-state index contributed by atoms with van der Waals surface area (Å²) in [4.78, 5) is 21.9. The normalized spacial score (nSPS) is 29.6. The van der Waals surface area contributed by atoms with Crippen molar-refractivity contribution in [3.05, 3.63) is 0 Å². The molecule has 1 heterocycles. The van der Waals surface area contributed by atoms with E-state index in [9.17, 15) is 9.59 Å². The van der Waals surface area contributed by atoms with Crippen LogP contribution < -0.4 is 11.1 Å². The van der Waals surface area contributed by atoms with Crippen molar-refractivity contribution in [3.63, 3.8) is 0 Å². The van der Waals surface area contributed by atoms with Crippen LogP contribution >= 0.6 is 11.8 Å². The van der Waals surface area contributed by atoms with Crippen molar-refractivity contribution in [1.29, 1.82) is 0 Å². The molecule has 0 aromatic heterocycles. The van der Waals surface area contributed by atoms with E-state index in [1.807, 2.05) is 0 Å². The molecule has 1 fully saturated rings.